The maximum Gasteiger partial charge on any atom is 0.247 e. The van der Waals surface area contributed by atoms with E-state index >= 15 is 0 Å². The molecular weight excluding hydrogens is 364 g/mol. The second-order valence-electron chi connectivity index (χ2n) is 6.99. The van der Waals surface area contributed by atoms with Crippen LogP contribution in [0.15, 0.2) is 54.6 Å². The van der Waals surface area contributed by atoms with Crippen molar-refractivity contribution in [1.29, 1.82) is 0 Å². The lowest BCUT2D eigenvalue weighted by Crippen LogP contribution is -2.41. The molecule has 1 N–H and O–H groups in total. The number of fused-ring (bicyclic) bond motifs is 1. The molecule has 1 aliphatic heterocycles. The van der Waals surface area contributed by atoms with Gasteiger partial charge in [-0.1, -0.05) is 30.3 Å². The van der Waals surface area contributed by atoms with E-state index in [1.54, 1.807) is 24.3 Å². The van der Waals surface area contributed by atoms with E-state index in [2.05, 4.69) is 5.32 Å². The number of rotatable bonds is 6. The molecule has 2 aromatic rings. The summed E-state index contributed by atoms with van der Waals surface area (Å²) in [6.07, 6.45) is 0.392. The topological polar surface area (TPSA) is 75.7 Å². The summed E-state index contributed by atoms with van der Waals surface area (Å²) >= 11 is 0. The maximum absolute atomic E-state index is 13.1. The Morgan fingerprint density at radius 3 is 2.56 bits per heavy atom. The minimum atomic E-state index is -3.69. The summed E-state index contributed by atoms with van der Waals surface area (Å²) < 4.78 is 31.7. The van der Waals surface area contributed by atoms with Gasteiger partial charge in [-0.25, -0.2) is 8.42 Å². The van der Waals surface area contributed by atoms with Crippen molar-refractivity contribution in [2.24, 2.45) is 5.92 Å². The Morgan fingerprint density at radius 2 is 1.89 bits per heavy atom. The van der Waals surface area contributed by atoms with Crippen LogP contribution in [0.25, 0.3) is 0 Å². The normalized spacial score (nSPS) is 25.6. The number of hydrogen-bond acceptors (Lipinski definition) is 4. The molecule has 2 fully saturated rings. The lowest BCUT2D eigenvalue weighted by molar-refractivity contribution is -0.116. The highest BCUT2D eigenvalue weighted by Gasteiger charge is 2.75. The van der Waals surface area contributed by atoms with Gasteiger partial charge in [-0.3, -0.25) is 4.79 Å². The van der Waals surface area contributed by atoms with Gasteiger partial charge in [-0.15, -0.1) is 0 Å². The summed E-state index contributed by atoms with van der Waals surface area (Å²) in [5, 5.41) is 2.78. The predicted octanol–water partition coefficient (Wildman–Crippen LogP) is 2.63. The van der Waals surface area contributed by atoms with Crippen molar-refractivity contribution in [3.05, 3.63) is 60.2 Å². The fourth-order valence-corrected chi connectivity index (χ4v) is 6.13. The molecule has 142 valence electrons. The largest absolute Gasteiger partial charge is 0.494 e. The van der Waals surface area contributed by atoms with Crippen LogP contribution in [0.3, 0.4) is 0 Å². The van der Waals surface area contributed by atoms with Crippen LogP contribution in [-0.4, -0.2) is 36.5 Å². The van der Waals surface area contributed by atoms with Gasteiger partial charge in [0.25, 0.3) is 0 Å². The Labute approximate surface area is 159 Å². The summed E-state index contributed by atoms with van der Waals surface area (Å²) in [5.74, 6) is 0.126. The van der Waals surface area contributed by atoms with Crippen molar-refractivity contribution in [2.45, 2.75) is 24.6 Å². The molecule has 6 nitrogen and oxygen atoms in total. The van der Waals surface area contributed by atoms with Gasteiger partial charge in [0.15, 0.2) is 4.75 Å². The van der Waals surface area contributed by atoms with Gasteiger partial charge < -0.3 is 10.1 Å². The van der Waals surface area contributed by atoms with Crippen molar-refractivity contribution in [2.75, 3.05) is 18.5 Å². The summed E-state index contributed by atoms with van der Waals surface area (Å²) in [6.45, 7) is 3.16. The van der Waals surface area contributed by atoms with Crippen LogP contribution in [-0.2, 0) is 21.4 Å². The van der Waals surface area contributed by atoms with Crippen molar-refractivity contribution in [1.82, 2.24) is 4.31 Å². The highest BCUT2D eigenvalue weighted by atomic mass is 32.2. The van der Waals surface area contributed by atoms with Crippen LogP contribution < -0.4 is 10.1 Å². The molecule has 0 aromatic heterocycles. The number of amides is 1. The molecule has 1 heterocycles. The third-order valence-corrected chi connectivity index (χ3v) is 7.85. The molecule has 1 amide bonds. The zero-order valence-corrected chi connectivity index (χ0v) is 15.9. The van der Waals surface area contributed by atoms with Gasteiger partial charge in [0.05, 0.1) is 6.61 Å². The molecule has 0 radical (unpaired) electrons. The van der Waals surface area contributed by atoms with Crippen LogP contribution in [0.5, 0.6) is 5.75 Å². The Balaban J connectivity index is 1.49. The van der Waals surface area contributed by atoms with Crippen molar-refractivity contribution < 1.29 is 17.9 Å². The second kappa shape index (κ2) is 6.65. The number of ether oxygens (including phenoxy) is 1. The van der Waals surface area contributed by atoms with Gasteiger partial charge in [0.2, 0.25) is 15.9 Å². The minimum Gasteiger partial charge on any atom is -0.494 e. The van der Waals surface area contributed by atoms with Gasteiger partial charge in [-0.2, -0.15) is 4.31 Å². The van der Waals surface area contributed by atoms with E-state index in [1.807, 2.05) is 37.3 Å². The lowest BCUT2D eigenvalue weighted by Gasteiger charge is -2.21. The fraction of sp³-hybridized carbons (Fsp3) is 0.350. The van der Waals surface area contributed by atoms with Crippen LogP contribution >= 0.6 is 0 Å². The molecule has 0 unspecified atom stereocenters. The Hall–Kier alpha value is -2.38. The molecule has 4 rings (SSSR count). The van der Waals surface area contributed by atoms with E-state index < -0.39 is 20.7 Å². The van der Waals surface area contributed by atoms with Crippen LogP contribution in [0, 0.1) is 5.92 Å². The quantitative estimate of drug-likeness (QED) is 0.828. The summed E-state index contributed by atoms with van der Waals surface area (Å²) in [7, 11) is -3.69. The predicted molar refractivity (Wildman–Crippen MR) is 103 cm³/mol. The summed E-state index contributed by atoms with van der Waals surface area (Å²) in [4.78, 5) is 12.9. The summed E-state index contributed by atoms with van der Waals surface area (Å²) in [5.41, 5.74) is 1.49. The average Bonchev–Trinajstić information content (AvgIpc) is 3.35. The summed E-state index contributed by atoms with van der Waals surface area (Å²) in [6, 6.07) is 16.4. The van der Waals surface area contributed by atoms with Crippen molar-refractivity contribution in [3.63, 3.8) is 0 Å². The number of benzene rings is 2. The van der Waals surface area contributed by atoms with E-state index in [0.29, 0.717) is 37.6 Å². The third kappa shape index (κ3) is 3.00. The minimum absolute atomic E-state index is 0.145. The first-order valence-electron chi connectivity index (χ1n) is 9.05. The Kier molecular flexibility index (Phi) is 4.44. The average molecular weight is 386 g/mol. The van der Waals surface area contributed by atoms with Gasteiger partial charge in [0.1, 0.15) is 5.75 Å². The first-order valence-corrected chi connectivity index (χ1v) is 10.5. The first kappa shape index (κ1) is 18.0. The SMILES string of the molecule is CCOc1ccc(NC(=O)[C@@]23C[C@H]2CN(Cc2ccccc2)S3(=O)=O)cc1. The van der Waals surface area contributed by atoms with Gasteiger partial charge in [0, 0.05) is 24.7 Å². The van der Waals surface area contributed by atoms with Crippen molar-refractivity contribution in [3.8, 4) is 5.75 Å². The smallest absolute Gasteiger partial charge is 0.247 e. The number of carbonyl (C=O) groups excluding carboxylic acids is 1. The van der Waals surface area contributed by atoms with Gasteiger partial charge >= 0.3 is 0 Å². The highest BCUT2D eigenvalue weighted by Crippen LogP contribution is 2.58. The van der Waals surface area contributed by atoms with E-state index in [4.69, 9.17) is 4.74 Å². The number of nitrogens with zero attached hydrogens (tertiary/aromatic N) is 1. The molecule has 0 spiro atoms. The molecule has 7 heteroatoms. The zero-order valence-electron chi connectivity index (χ0n) is 15.1. The number of sulfonamides is 1. The Bertz CT molecular complexity index is 944. The van der Waals surface area contributed by atoms with E-state index in [9.17, 15) is 13.2 Å². The monoisotopic (exact) mass is 386 g/mol. The standard InChI is InChI=1S/C20H22N2O4S/c1-2-26-18-10-8-17(9-11-18)21-19(23)20-12-16(20)14-22(27(20,24)25)13-15-6-4-3-5-7-15/h3-11,16H,2,12-14H2,1H3,(H,21,23)/t16-,20+/m0/s1. The highest BCUT2D eigenvalue weighted by molar-refractivity contribution is 7.92. The molecular formula is C20H22N2O4S. The molecule has 1 saturated carbocycles. The third-order valence-electron chi connectivity index (χ3n) is 5.28. The Morgan fingerprint density at radius 1 is 1.19 bits per heavy atom. The molecule has 0 bridgehead atoms. The molecule has 1 saturated heterocycles. The molecule has 27 heavy (non-hydrogen) atoms. The molecule has 2 aromatic carbocycles. The number of nitrogens with one attached hydrogen (secondary N) is 1. The van der Waals surface area contributed by atoms with E-state index in [-0.39, 0.29) is 5.92 Å². The van der Waals surface area contributed by atoms with E-state index in [0.717, 1.165) is 5.56 Å². The first-order chi connectivity index (χ1) is 13.0. The van der Waals surface area contributed by atoms with Crippen molar-refractivity contribution >= 4 is 21.6 Å². The lowest BCUT2D eigenvalue weighted by atomic mass is 10.2. The second-order valence-corrected chi connectivity index (χ2v) is 9.18. The fourth-order valence-electron chi connectivity index (χ4n) is 3.78. The number of carbonyl (C=O) groups is 1. The molecule has 1 aliphatic carbocycles. The van der Waals surface area contributed by atoms with Crippen LogP contribution in [0.4, 0.5) is 5.69 Å². The molecule has 2 atom stereocenters. The van der Waals surface area contributed by atoms with E-state index in [1.165, 1.54) is 4.31 Å². The zero-order chi connectivity index (χ0) is 19.1. The molecule has 2 aliphatic rings. The number of hydrogen-bond donors (Lipinski definition) is 1. The number of anilines is 1. The van der Waals surface area contributed by atoms with Crippen LogP contribution in [0.2, 0.25) is 0 Å². The van der Waals surface area contributed by atoms with Crippen LogP contribution in [0.1, 0.15) is 18.9 Å². The van der Waals surface area contributed by atoms with Gasteiger partial charge in [-0.05, 0) is 43.2 Å². The maximum atomic E-state index is 13.1.